The summed E-state index contributed by atoms with van der Waals surface area (Å²) in [7, 11) is 0. The summed E-state index contributed by atoms with van der Waals surface area (Å²) in [6.45, 7) is 0.208. The molecule has 0 bridgehead atoms. The number of nitrogens with one attached hydrogen (secondary N) is 2. The maximum Gasteiger partial charge on any atom is 0.406 e. The van der Waals surface area contributed by atoms with E-state index in [1.165, 1.54) is 0 Å². The average Bonchev–Trinajstić information content (AvgIpc) is 2.71. The number of piperidine rings is 1. The first-order valence-corrected chi connectivity index (χ1v) is 6.73. The fraction of sp³-hybridized carbons (Fsp3) is 0.833. The fourth-order valence-electron chi connectivity index (χ4n) is 2.61. The van der Waals surface area contributed by atoms with Gasteiger partial charge in [-0.1, -0.05) is 0 Å². The molecule has 2 fully saturated rings. The van der Waals surface area contributed by atoms with Gasteiger partial charge in [0.2, 0.25) is 11.8 Å². The molecule has 2 aliphatic heterocycles. The summed E-state index contributed by atoms with van der Waals surface area (Å²) < 4.78 is 36.8. The number of hydrogen-bond acceptors (Lipinski definition) is 3. The topological polar surface area (TPSA) is 61.4 Å². The molecule has 0 saturated carbocycles. The van der Waals surface area contributed by atoms with E-state index < -0.39 is 24.7 Å². The molecule has 2 rings (SSSR count). The Bertz CT molecular complexity index is 381. The van der Waals surface area contributed by atoms with Gasteiger partial charge in [0.1, 0.15) is 12.6 Å². The number of halogens is 3. The average molecular weight is 293 g/mol. The maximum absolute atomic E-state index is 12.3. The van der Waals surface area contributed by atoms with Gasteiger partial charge in [-0.3, -0.25) is 9.59 Å². The second-order valence-electron chi connectivity index (χ2n) is 5.27. The van der Waals surface area contributed by atoms with Crippen molar-refractivity contribution in [3.8, 4) is 0 Å². The molecule has 20 heavy (non-hydrogen) atoms. The van der Waals surface area contributed by atoms with E-state index in [0.717, 1.165) is 24.3 Å². The Balaban J connectivity index is 1.85. The number of nitrogens with zero attached hydrogens (tertiary/aromatic N) is 1. The summed E-state index contributed by atoms with van der Waals surface area (Å²) in [6.07, 6.45) is -2.54. The van der Waals surface area contributed by atoms with Crippen LogP contribution in [0.2, 0.25) is 0 Å². The minimum atomic E-state index is -4.40. The minimum absolute atomic E-state index is 0.0339. The lowest BCUT2D eigenvalue weighted by Crippen LogP contribution is -2.48. The molecule has 2 heterocycles. The number of hydrogen-bond donors (Lipinski definition) is 2. The molecule has 0 aromatic carbocycles. The zero-order valence-corrected chi connectivity index (χ0v) is 11.0. The molecule has 0 aromatic heterocycles. The Morgan fingerprint density at radius 2 is 2.15 bits per heavy atom. The van der Waals surface area contributed by atoms with E-state index >= 15 is 0 Å². The quantitative estimate of drug-likeness (QED) is 0.785. The number of alkyl halides is 3. The second kappa shape index (κ2) is 5.99. The molecule has 2 aliphatic rings. The zero-order valence-electron chi connectivity index (χ0n) is 11.0. The highest BCUT2D eigenvalue weighted by Crippen LogP contribution is 2.21. The van der Waals surface area contributed by atoms with E-state index in [1.807, 2.05) is 0 Å². The van der Waals surface area contributed by atoms with Crippen LogP contribution in [0.15, 0.2) is 0 Å². The lowest BCUT2D eigenvalue weighted by Gasteiger charge is -2.23. The zero-order chi connectivity index (χ0) is 14.8. The first-order chi connectivity index (χ1) is 9.37. The summed E-state index contributed by atoms with van der Waals surface area (Å²) in [5.74, 6) is -1.09. The van der Waals surface area contributed by atoms with Crippen molar-refractivity contribution in [2.24, 2.45) is 5.92 Å². The van der Waals surface area contributed by atoms with E-state index in [4.69, 9.17) is 0 Å². The Kier molecular flexibility index (Phi) is 4.52. The highest BCUT2D eigenvalue weighted by molar-refractivity contribution is 5.90. The second-order valence-corrected chi connectivity index (χ2v) is 5.27. The molecular weight excluding hydrogens is 275 g/mol. The van der Waals surface area contributed by atoms with Gasteiger partial charge in [0, 0.05) is 13.1 Å². The van der Waals surface area contributed by atoms with Gasteiger partial charge in [0.15, 0.2) is 0 Å². The van der Waals surface area contributed by atoms with Crippen molar-refractivity contribution in [3.05, 3.63) is 0 Å². The number of amides is 2. The van der Waals surface area contributed by atoms with Crippen molar-refractivity contribution >= 4 is 11.8 Å². The number of rotatable bonds is 3. The van der Waals surface area contributed by atoms with Crippen LogP contribution in [0.5, 0.6) is 0 Å². The predicted molar refractivity (Wildman–Crippen MR) is 64.8 cm³/mol. The Morgan fingerprint density at radius 3 is 2.75 bits per heavy atom. The van der Waals surface area contributed by atoms with Crippen LogP contribution in [0.1, 0.15) is 19.3 Å². The predicted octanol–water partition coefficient (Wildman–Crippen LogP) is 0.265. The van der Waals surface area contributed by atoms with Gasteiger partial charge >= 0.3 is 6.18 Å². The Labute approximate surface area is 114 Å². The number of carbonyl (C=O) groups is 2. The fourth-order valence-corrected chi connectivity index (χ4v) is 2.61. The number of carbonyl (C=O) groups excluding carboxylic acids is 2. The smallest absolute Gasteiger partial charge is 0.344 e. The van der Waals surface area contributed by atoms with Crippen LogP contribution in [-0.2, 0) is 9.59 Å². The van der Waals surface area contributed by atoms with Crippen LogP contribution in [0.25, 0.3) is 0 Å². The largest absolute Gasteiger partial charge is 0.406 e. The lowest BCUT2D eigenvalue weighted by molar-refractivity contribution is -0.158. The summed E-state index contributed by atoms with van der Waals surface area (Å²) in [4.78, 5) is 24.5. The Morgan fingerprint density at radius 1 is 1.40 bits per heavy atom. The molecule has 2 saturated heterocycles. The molecule has 114 valence electrons. The molecule has 0 radical (unpaired) electrons. The van der Waals surface area contributed by atoms with Crippen molar-refractivity contribution in [1.82, 2.24) is 15.5 Å². The van der Waals surface area contributed by atoms with Crippen molar-refractivity contribution in [2.75, 3.05) is 26.2 Å². The minimum Gasteiger partial charge on any atom is -0.344 e. The van der Waals surface area contributed by atoms with Gasteiger partial charge in [0.05, 0.1) is 5.92 Å². The van der Waals surface area contributed by atoms with Crippen molar-refractivity contribution in [2.45, 2.75) is 31.5 Å². The Hall–Kier alpha value is -1.31. The number of likely N-dealkylation sites (tertiary alicyclic amines) is 1. The molecule has 2 atom stereocenters. The molecule has 2 N–H and O–H groups in total. The van der Waals surface area contributed by atoms with Gasteiger partial charge in [-0.05, 0) is 25.8 Å². The van der Waals surface area contributed by atoms with E-state index in [9.17, 15) is 22.8 Å². The summed E-state index contributed by atoms with van der Waals surface area (Å²) in [6, 6.07) is -0.813. The molecule has 0 aliphatic carbocycles. The van der Waals surface area contributed by atoms with Gasteiger partial charge in [0.25, 0.3) is 0 Å². The molecule has 0 aromatic rings. The van der Waals surface area contributed by atoms with Crippen LogP contribution in [-0.4, -0.2) is 55.1 Å². The van der Waals surface area contributed by atoms with Gasteiger partial charge in [-0.25, -0.2) is 0 Å². The van der Waals surface area contributed by atoms with Crippen LogP contribution in [0.3, 0.4) is 0 Å². The first kappa shape index (κ1) is 15.1. The van der Waals surface area contributed by atoms with E-state index in [2.05, 4.69) is 10.6 Å². The van der Waals surface area contributed by atoms with Crippen molar-refractivity contribution < 1.29 is 22.8 Å². The van der Waals surface area contributed by atoms with Crippen molar-refractivity contribution in [3.63, 3.8) is 0 Å². The van der Waals surface area contributed by atoms with Crippen LogP contribution in [0, 0.1) is 5.92 Å². The highest BCUT2D eigenvalue weighted by Gasteiger charge is 2.40. The van der Waals surface area contributed by atoms with Gasteiger partial charge in [-0.2, -0.15) is 13.2 Å². The standard InChI is InChI=1S/C12H18F3N3O2/c13-12(14,15)7-18-5-3-9(11(18)20)17-10(19)8-2-1-4-16-6-8/h8-9,16H,1-7H2,(H,17,19). The van der Waals surface area contributed by atoms with Gasteiger partial charge < -0.3 is 15.5 Å². The monoisotopic (exact) mass is 293 g/mol. The maximum atomic E-state index is 12.3. The normalized spacial score (nSPS) is 27.8. The van der Waals surface area contributed by atoms with E-state index in [0.29, 0.717) is 6.54 Å². The van der Waals surface area contributed by atoms with Crippen LogP contribution in [0.4, 0.5) is 13.2 Å². The molecule has 8 heteroatoms. The molecular formula is C12H18F3N3O2. The highest BCUT2D eigenvalue weighted by atomic mass is 19.4. The third kappa shape index (κ3) is 3.84. The summed E-state index contributed by atoms with van der Waals surface area (Å²) in [5.41, 5.74) is 0. The molecule has 2 amide bonds. The first-order valence-electron chi connectivity index (χ1n) is 6.73. The summed E-state index contributed by atoms with van der Waals surface area (Å²) >= 11 is 0. The van der Waals surface area contributed by atoms with E-state index in [-0.39, 0.29) is 24.8 Å². The third-order valence-corrected chi connectivity index (χ3v) is 3.65. The SMILES string of the molecule is O=C(NC1CCN(CC(F)(F)F)C1=O)C1CCCNC1. The van der Waals surface area contributed by atoms with Crippen LogP contribution >= 0.6 is 0 Å². The molecule has 5 nitrogen and oxygen atoms in total. The van der Waals surface area contributed by atoms with Gasteiger partial charge in [-0.15, -0.1) is 0 Å². The third-order valence-electron chi connectivity index (χ3n) is 3.65. The lowest BCUT2D eigenvalue weighted by atomic mass is 9.98. The molecule has 0 spiro atoms. The van der Waals surface area contributed by atoms with E-state index in [1.54, 1.807) is 0 Å². The van der Waals surface area contributed by atoms with Crippen LogP contribution < -0.4 is 10.6 Å². The molecule has 2 unspecified atom stereocenters. The van der Waals surface area contributed by atoms with Crippen molar-refractivity contribution in [1.29, 1.82) is 0 Å². The summed E-state index contributed by atoms with van der Waals surface area (Å²) in [5, 5.41) is 5.66.